The summed E-state index contributed by atoms with van der Waals surface area (Å²) in [5.41, 5.74) is 0. The molecule has 18 heavy (non-hydrogen) atoms. The third kappa shape index (κ3) is 2.70. The first-order valence-corrected chi connectivity index (χ1v) is 6.54. The molecule has 1 saturated heterocycles. The van der Waals surface area contributed by atoms with Gasteiger partial charge in [-0.15, -0.1) is 11.3 Å². The minimum Gasteiger partial charge on any atom is -0.465 e. The fourth-order valence-electron chi connectivity index (χ4n) is 1.83. The summed E-state index contributed by atoms with van der Waals surface area (Å²) in [7, 11) is 1.32. The van der Waals surface area contributed by atoms with Gasteiger partial charge in [-0.3, -0.25) is 4.79 Å². The van der Waals surface area contributed by atoms with Crippen LogP contribution in [0.1, 0.15) is 32.7 Å². The Morgan fingerprint density at radius 3 is 2.78 bits per heavy atom. The summed E-state index contributed by atoms with van der Waals surface area (Å²) in [5.74, 6) is -0.589. The highest BCUT2D eigenvalue weighted by Gasteiger charge is 2.26. The predicted octanol–water partition coefficient (Wildman–Crippen LogP) is 1.44. The normalized spacial score (nSPS) is 22.8. The van der Waals surface area contributed by atoms with E-state index in [-0.39, 0.29) is 18.1 Å². The Kier molecular flexibility index (Phi) is 3.98. The van der Waals surface area contributed by atoms with Crippen LogP contribution in [-0.4, -0.2) is 37.7 Å². The number of thiophene rings is 1. The number of rotatable bonds is 3. The van der Waals surface area contributed by atoms with Gasteiger partial charge in [-0.1, -0.05) is 0 Å². The van der Waals surface area contributed by atoms with E-state index in [4.69, 9.17) is 4.74 Å². The van der Waals surface area contributed by atoms with Crippen LogP contribution in [0.25, 0.3) is 0 Å². The maximum Gasteiger partial charge on any atom is 0.348 e. The molecule has 0 spiro atoms. The van der Waals surface area contributed by atoms with Crippen molar-refractivity contribution in [3.8, 4) is 0 Å². The molecule has 1 aromatic rings. The molecular weight excluding hydrogens is 254 g/mol. The largest absolute Gasteiger partial charge is 0.465 e. The molecule has 0 aromatic carbocycles. The van der Waals surface area contributed by atoms with Gasteiger partial charge in [0.15, 0.2) is 0 Å². The topological polar surface area (TPSA) is 64.6 Å². The van der Waals surface area contributed by atoms with Crippen molar-refractivity contribution < 1.29 is 19.1 Å². The Morgan fingerprint density at radius 2 is 2.17 bits per heavy atom. The molecule has 2 rings (SSSR count). The molecule has 1 amide bonds. The van der Waals surface area contributed by atoms with Crippen LogP contribution in [0.15, 0.2) is 12.1 Å². The molecule has 0 bridgehead atoms. The lowest BCUT2D eigenvalue weighted by Gasteiger charge is -2.15. The predicted molar refractivity (Wildman–Crippen MR) is 66.9 cm³/mol. The molecule has 1 aromatic heterocycles. The maximum absolute atomic E-state index is 12.0. The zero-order chi connectivity index (χ0) is 13.1. The van der Waals surface area contributed by atoms with Crippen LogP contribution in [0.2, 0.25) is 0 Å². The van der Waals surface area contributed by atoms with Crippen molar-refractivity contribution in [3.05, 3.63) is 21.9 Å². The first-order chi connectivity index (χ1) is 8.61. The molecule has 98 valence electrons. The van der Waals surface area contributed by atoms with Crippen LogP contribution in [0, 0.1) is 0 Å². The van der Waals surface area contributed by atoms with Gasteiger partial charge in [0.25, 0.3) is 5.91 Å². The lowest BCUT2D eigenvalue weighted by Crippen LogP contribution is -2.38. The van der Waals surface area contributed by atoms with E-state index in [1.54, 1.807) is 12.1 Å². The van der Waals surface area contributed by atoms with E-state index in [1.165, 1.54) is 7.11 Å². The van der Waals surface area contributed by atoms with Gasteiger partial charge in [-0.25, -0.2) is 4.79 Å². The van der Waals surface area contributed by atoms with Crippen molar-refractivity contribution in [1.29, 1.82) is 0 Å². The van der Waals surface area contributed by atoms with Crippen LogP contribution >= 0.6 is 11.3 Å². The molecule has 1 aliphatic rings. The number of methoxy groups -OCH3 is 1. The molecule has 1 N–H and O–H groups in total. The monoisotopic (exact) mass is 269 g/mol. The van der Waals surface area contributed by atoms with Crippen molar-refractivity contribution in [3.63, 3.8) is 0 Å². The number of carbonyl (C=O) groups is 2. The Balaban J connectivity index is 2.00. The zero-order valence-electron chi connectivity index (χ0n) is 10.3. The van der Waals surface area contributed by atoms with E-state index in [0.717, 1.165) is 17.8 Å². The van der Waals surface area contributed by atoms with Crippen molar-refractivity contribution in [2.45, 2.75) is 25.5 Å². The highest BCUT2D eigenvalue weighted by molar-refractivity contribution is 7.15. The van der Waals surface area contributed by atoms with Gasteiger partial charge in [-0.05, 0) is 25.5 Å². The Hall–Kier alpha value is -1.40. The molecule has 2 atom stereocenters. The lowest BCUT2D eigenvalue weighted by molar-refractivity contribution is 0.0606. The molecule has 5 nitrogen and oxygen atoms in total. The van der Waals surface area contributed by atoms with Gasteiger partial charge in [0.1, 0.15) is 4.88 Å². The lowest BCUT2D eigenvalue weighted by atomic mass is 10.1. The molecular formula is C12H15NO4S. The number of hydrogen-bond donors (Lipinski definition) is 1. The van der Waals surface area contributed by atoms with E-state index in [9.17, 15) is 9.59 Å². The minimum atomic E-state index is -0.420. The number of hydrogen-bond acceptors (Lipinski definition) is 5. The molecule has 6 heteroatoms. The summed E-state index contributed by atoms with van der Waals surface area (Å²) in [6.45, 7) is 2.61. The molecule has 0 saturated carbocycles. The van der Waals surface area contributed by atoms with E-state index in [0.29, 0.717) is 16.4 Å². The quantitative estimate of drug-likeness (QED) is 0.843. The van der Waals surface area contributed by atoms with E-state index < -0.39 is 5.97 Å². The number of esters is 1. The Labute approximate surface area is 109 Å². The molecule has 0 aliphatic carbocycles. The number of nitrogens with one attached hydrogen (secondary N) is 1. The average molecular weight is 269 g/mol. The highest BCUT2D eigenvalue weighted by Crippen LogP contribution is 2.19. The van der Waals surface area contributed by atoms with Gasteiger partial charge >= 0.3 is 5.97 Å². The average Bonchev–Trinajstić information content (AvgIpc) is 2.98. The standard InChI is InChI=1S/C12H15NO4S/c1-7-8(5-6-17-7)13-11(14)9-3-4-10(18-9)12(15)16-2/h3-4,7-8H,5-6H2,1-2H3,(H,13,14)/t7-,8+/m0/s1. The summed E-state index contributed by atoms with van der Waals surface area (Å²) in [4.78, 5) is 24.2. The van der Waals surface area contributed by atoms with E-state index in [2.05, 4.69) is 10.1 Å². The van der Waals surface area contributed by atoms with Gasteiger partial charge in [0, 0.05) is 6.61 Å². The second-order valence-corrected chi connectivity index (χ2v) is 5.18. The summed E-state index contributed by atoms with van der Waals surface area (Å²) < 4.78 is 9.98. The molecule has 0 unspecified atom stereocenters. The fourth-order valence-corrected chi connectivity index (χ4v) is 2.66. The van der Waals surface area contributed by atoms with Gasteiger partial charge in [-0.2, -0.15) is 0 Å². The summed E-state index contributed by atoms with van der Waals surface area (Å²) in [5, 5.41) is 2.91. The van der Waals surface area contributed by atoms with Gasteiger partial charge in [0.05, 0.1) is 24.1 Å². The zero-order valence-corrected chi connectivity index (χ0v) is 11.1. The first-order valence-electron chi connectivity index (χ1n) is 5.72. The number of ether oxygens (including phenoxy) is 2. The summed E-state index contributed by atoms with van der Waals surface area (Å²) >= 11 is 1.13. The molecule has 2 heterocycles. The second kappa shape index (κ2) is 5.49. The minimum absolute atomic E-state index is 0.0361. The third-order valence-corrected chi connectivity index (χ3v) is 3.97. The maximum atomic E-state index is 12.0. The number of amides is 1. The van der Waals surface area contributed by atoms with Crippen molar-refractivity contribution in [1.82, 2.24) is 5.32 Å². The highest BCUT2D eigenvalue weighted by atomic mass is 32.1. The molecule has 1 aliphatic heterocycles. The first kappa shape index (κ1) is 13.0. The summed E-state index contributed by atoms with van der Waals surface area (Å²) in [6, 6.07) is 3.27. The Morgan fingerprint density at radius 1 is 1.44 bits per heavy atom. The van der Waals surface area contributed by atoms with Crippen LogP contribution < -0.4 is 5.32 Å². The van der Waals surface area contributed by atoms with Crippen LogP contribution in [0.5, 0.6) is 0 Å². The van der Waals surface area contributed by atoms with Crippen LogP contribution in [0.3, 0.4) is 0 Å². The third-order valence-electron chi connectivity index (χ3n) is 2.91. The van der Waals surface area contributed by atoms with Crippen molar-refractivity contribution in [2.75, 3.05) is 13.7 Å². The fraction of sp³-hybridized carbons (Fsp3) is 0.500. The second-order valence-electron chi connectivity index (χ2n) is 4.10. The van der Waals surface area contributed by atoms with E-state index >= 15 is 0 Å². The van der Waals surface area contributed by atoms with Crippen LogP contribution in [0.4, 0.5) is 0 Å². The van der Waals surface area contributed by atoms with Gasteiger partial charge in [0.2, 0.25) is 0 Å². The Bertz CT molecular complexity index is 457. The van der Waals surface area contributed by atoms with Crippen molar-refractivity contribution in [2.24, 2.45) is 0 Å². The van der Waals surface area contributed by atoms with E-state index in [1.807, 2.05) is 6.92 Å². The summed E-state index contributed by atoms with van der Waals surface area (Å²) in [6.07, 6.45) is 0.858. The number of carbonyl (C=O) groups excluding carboxylic acids is 2. The van der Waals surface area contributed by atoms with Gasteiger partial charge < -0.3 is 14.8 Å². The SMILES string of the molecule is COC(=O)c1ccc(C(=O)N[C@@H]2CCO[C@H]2C)s1. The molecule has 0 radical (unpaired) electrons. The molecule has 1 fully saturated rings. The smallest absolute Gasteiger partial charge is 0.348 e. The van der Waals surface area contributed by atoms with Crippen LogP contribution in [-0.2, 0) is 9.47 Å². The van der Waals surface area contributed by atoms with Crippen molar-refractivity contribution >= 4 is 23.2 Å².